The van der Waals surface area contributed by atoms with Gasteiger partial charge in [0.15, 0.2) is 23.0 Å². The Morgan fingerprint density at radius 1 is 0.163 bits per heavy atom. The summed E-state index contributed by atoms with van der Waals surface area (Å²) < 4.78 is 41.6. The van der Waals surface area contributed by atoms with Gasteiger partial charge in [-0.1, -0.05) is 619 Å². The van der Waals surface area contributed by atoms with E-state index in [4.69, 9.17) is 28.4 Å². The molecule has 0 unspecified atom stereocenters. The van der Waals surface area contributed by atoms with Crippen molar-refractivity contribution in [3.8, 4) is 34.5 Å². The first-order chi connectivity index (χ1) is 64.0. The summed E-state index contributed by atoms with van der Waals surface area (Å²) in [4.78, 5) is 15.5. The third-order valence-electron chi connectivity index (χ3n) is 28.1. The fourth-order valence-electron chi connectivity index (χ4n) is 19.3. The Morgan fingerprint density at radius 2 is 0.279 bits per heavy atom. The zero-order valence-corrected chi connectivity index (χ0v) is 88.3. The molecule has 0 spiro atoms. The first-order valence-electron chi connectivity index (χ1n) is 59.5. The number of benzene rings is 2. The van der Waals surface area contributed by atoms with Crippen LogP contribution in [0.3, 0.4) is 0 Å². The number of carbonyl (C=O) groups is 1. The molecule has 0 bridgehead atoms. The van der Waals surface area contributed by atoms with E-state index in [-0.39, 0.29) is 5.91 Å². The Bertz CT molecular complexity index is 2410. The summed E-state index contributed by atoms with van der Waals surface area (Å²) in [6, 6.07) is 7.94. The number of hydrogen-bond acceptors (Lipinski definition) is 7. The molecule has 0 fully saturated rings. The Labute approximate surface area is 807 Å². The maximum atomic E-state index is 15.5. The van der Waals surface area contributed by atoms with Crippen molar-refractivity contribution in [2.24, 2.45) is 0 Å². The van der Waals surface area contributed by atoms with Gasteiger partial charge in [-0.2, -0.15) is 0 Å². The van der Waals surface area contributed by atoms with Crippen molar-refractivity contribution in [1.82, 2.24) is 0 Å². The van der Waals surface area contributed by atoms with Crippen LogP contribution in [0.4, 0.5) is 5.69 Å². The normalized spacial score (nSPS) is 11.6. The molecule has 0 aliphatic heterocycles. The standard InChI is InChI=1S/C121H227NO7/c1-7-13-19-25-31-37-43-49-55-61-67-73-79-85-91-97-103-124-115-109-113(110-116(125-104-98-92-86-80-74-68-62-56-50-44-38-32-26-20-14-8-2)119(115)128-107-101-95-89-83-77-71-65-59-53-47-41-35-29-23-17-11-5)121(123)122-114-111-117(126-105-99-93-87-81-75-69-63-57-51-45-39-33-27-21-15-9-3)120(129-108-102-96-90-84-78-72-66-60-54-48-42-36-30-24-18-12-6)118(112-114)127-106-100-94-88-82-76-70-64-58-52-46-40-34-28-22-16-10-4/h109-112H,7-108H2,1-6H3,(H,122,123). The molecule has 0 aliphatic rings. The second kappa shape index (κ2) is 102. The van der Waals surface area contributed by atoms with E-state index in [0.717, 1.165) is 77.0 Å². The maximum absolute atomic E-state index is 15.5. The van der Waals surface area contributed by atoms with Crippen LogP contribution < -0.4 is 33.7 Å². The van der Waals surface area contributed by atoms with Gasteiger partial charge < -0.3 is 33.7 Å². The quantitative estimate of drug-likeness (QED) is 0.0661. The third-order valence-corrected chi connectivity index (χ3v) is 28.1. The molecule has 1 amide bonds. The van der Waals surface area contributed by atoms with Crippen LogP contribution in [-0.4, -0.2) is 45.5 Å². The smallest absolute Gasteiger partial charge is 0.255 e. The van der Waals surface area contributed by atoms with Gasteiger partial charge in [-0.15, -0.1) is 0 Å². The molecule has 8 nitrogen and oxygen atoms in total. The number of anilines is 1. The van der Waals surface area contributed by atoms with Crippen LogP contribution in [-0.2, 0) is 0 Å². The lowest BCUT2D eigenvalue weighted by Gasteiger charge is -2.20. The molecule has 0 saturated carbocycles. The SMILES string of the molecule is CCCCCCCCCCCCCCCCCCOc1cc(NC(=O)c2cc(OCCCCCCCCCCCCCCCCCC)c(OCCCCCCCCCCCCCCCCCC)c(OCCCCCCCCCCCCCCCCCC)c2)cc(OCCCCCCCCCCCCCCCCCC)c1OCCCCCCCCCCCCCCCCCC. The highest BCUT2D eigenvalue weighted by atomic mass is 16.5. The van der Waals surface area contributed by atoms with E-state index in [0.29, 0.717) is 85.4 Å². The number of unbranched alkanes of at least 4 members (excludes halogenated alkanes) is 90. The largest absolute Gasteiger partial charge is 0.490 e. The summed E-state index contributed by atoms with van der Waals surface area (Å²) in [6.07, 6.45) is 128. The van der Waals surface area contributed by atoms with Crippen LogP contribution in [0.15, 0.2) is 24.3 Å². The van der Waals surface area contributed by atoms with E-state index in [1.54, 1.807) is 0 Å². The molecule has 0 aliphatic carbocycles. The van der Waals surface area contributed by atoms with Crippen molar-refractivity contribution in [2.75, 3.05) is 45.0 Å². The highest BCUT2D eigenvalue weighted by Gasteiger charge is 2.23. The zero-order chi connectivity index (χ0) is 92.1. The average molecular weight is 1810 g/mol. The Balaban J connectivity index is 2.50. The lowest BCUT2D eigenvalue weighted by atomic mass is 10.0. The van der Waals surface area contributed by atoms with E-state index >= 15 is 4.79 Å². The van der Waals surface area contributed by atoms with Crippen LogP contribution in [0.5, 0.6) is 34.5 Å². The Kier molecular flexibility index (Phi) is 96.4. The number of ether oxygens (including phenoxy) is 6. The van der Waals surface area contributed by atoms with Crippen LogP contribution >= 0.6 is 0 Å². The van der Waals surface area contributed by atoms with E-state index in [9.17, 15) is 0 Å². The van der Waals surface area contributed by atoms with Gasteiger partial charge in [0.05, 0.1) is 39.6 Å². The summed E-state index contributed by atoms with van der Waals surface area (Å²) in [5.74, 6) is 3.68. The first kappa shape index (κ1) is 122. The van der Waals surface area contributed by atoms with Crippen molar-refractivity contribution in [3.05, 3.63) is 29.8 Å². The zero-order valence-electron chi connectivity index (χ0n) is 88.3. The topological polar surface area (TPSA) is 84.5 Å². The summed E-state index contributed by atoms with van der Waals surface area (Å²) in [5, 5.41) is 3.43. The van der Waals surface area contributed by atoms with Gasteiger partial charge >= 0.3 is 0 Å². The van der Waals surface area contributed by atoms with Crippen molar-refractivity contribution in [3.63, 3.8) is 0 Å². The molecule has 8 heteroatoms. The summed E-state index contributed by atoms with van der Waals surface area (Å²) >= 11 is 0. The van der Waals surface area contributed by atoms with E-state index in [2.05, 4.69) is 46.9 Å². The molecule has 0 atom stereocenters. The molecule has 1 N–H and O–H groups in total. The van der Waals surface area contributed by atoms with Gasteiger partial charge in [0, 0.05) is 23.4 Å². The van der Waals surface area contributed by atoms with Crippen LogP contribution in [0.25, 0.3) is 0 Å². The van der Waals surface area contributed by atoms with E-state index in [1.165, 1.54) is 539 Å². The molecule has 129 heavy (non-hydrogen) atoms. The molecule has 758 valence electrons. The van der Waals surface area contributed by atoms with Crippen molar-refractivity contribution >= 4 is 11.6 Å². The van der Waals surface area contributed by atoms with E-state index in [1.807, 2.05) is 24.3 Å². The van der Waals surface area contributed by atoms with Crippen LogP contribution in [0.2, 0.25) is 0 Å². The minimum absolute atomic E-state index is 0.215. The van der Waals surface area contributed by atoms with Crippen molar-refractivity contribution < 1.29 is 33.2 Å². The van der Waals surface area contributed by atoms with Crippen LogP contribution in [0.1, 0.15) is 668 Å². The number of carbonyl (C=O) groups excluding carboxylic acids is 1. The summed E-state index contributed by atoms with van der Waals surface area (Å²) in [7, 11) is 0. The second-order valence-corrected chi connectivity index (χ2v) is 41.0. The Morgan fingerprint density at radius 3 is 0.419 bits per heavy atom. The molecule has 2 rings (SSSR count). The lowest BCUT2D eigenvalue weighted by molar-refractivity contribution is 0.102. The molecule has 0 aromatic heterocycles. The van der Waals surface area contributed by atoms with E-state index < -0.39 is 0 Å². The number of amides is 1. The van der Waals surface area contributed by atoms with Gasteiger partial charge in [-0.25, -0.2) is 0 Å². The summed E-state index contributed by atoms with van der Waals surface area (Å²) in [6.45, 7) is 17.4. The van der Waals surface area contributed by atoms with Gasteiger partial charge in [-0.05, 0) is 50.7 Å². The monoisotopic (exact) mass is 1810 g/mol. The van der Waals surface area contributed by atoms with Crippen LogP contribution in [0, 0.1) is 0 Å². The number of hydrogen-bond donors (Lipinski definition) is 1. The second-order valence-electron chi connectivity index (χ2n) is 41.0. The predicted molar refractivity (Wildman–Crippen MR) is 571 cm³/mol. The first-order valence-corrected chi connectivity index (χ1v) is 59.5. The van der Waals surface area contributed by atoms with Gasteiger partial charge in [0.25, 0.3) is 5.91 Å². The molecular weight excluding hydrogens is 1580 g/mol. The van der Waals surface area contributed by atoms with Gasteiger partial charge in [0.2, 0.25) is 11.5 Å². The number of nitrogens with one attached hydrogen (secondary N) is 1. The van der Waals surface area contributed by atoms with Crippen molar-refractivity contribution in [2.45, 2.75) is 658 Å². The average Bonchev–Trinajstić information content (AvgIpc) is 0.804. The molecule has 0 heterocycles. The maximum Gasteiger partial charge on any atom is 0.255 e. The number of rotatable bonds is 110. The predicted octanol–water partition coefficient (Wildman–Crippen LogP) is 42.8. The fraction of sp³-hybridized carbons (Fsp3) is 0.893. The minimum Gasteiger partial charge on any atom is -0.490 e. The Hall–Kier alpha value is -3.29. The highest BCUT2D eigenvalue weighted by Crippen LogP contribution is 2.44. The molecule has 0 saturated heterocycles. The fourth-order valence-corrected chi connectivity index (χ4v) is 19.3. The lowest BCUT2D eigenvalue weighted by Crippen LogP contribution is -2.15. The third kappa shape index (κ3) is 82.7. The van der Waals surface area contributed by atoms with Gasteiger partial charge in [0.1, 0.15) is 0 Å². The van der Waals surface area contributed by atoms with Gasteiger partial charge in [-0.3, -0.25) is 4.79 Å². The molecule has 2 aromatic rings. The molecule has 0 radical (unpaired) electrons. The molecular formula is C121H227NO7. The van der Waals surface area contributed by atoms with Crippen molar-refractivity contribution in [1.29, 1.82) is 0 Å². The molecule has 2 aromatic carbocycles. The minimum atomic E-state index is -0.215. The highest BCUT2D eigenvalue weighted by molar-refractivity contribution is 6.05. The summed E-state index contributed by atoms with van der Waals surface area (Å²) in [5.41, 5.74) is 1.15.